The number of pyridine rings is 1. The van der Waals surface area contributed by atoms with Crippen LogP contribution in [0.2, 0.25) is 0 Å². The summed E-state index contributed by atoms with van der Waals surface area (Å²) in [6, 6.07) is 13.3. The molecule has 0 aliphatic carbocycles. The van der Waals surface area contributed by atoms with Gasteiger partial charge in [-0.25, -0.2) is 0 Å². The lowest BCUT2D eigenvalue weighted by molar-refractivity contribution is -0.115. The minimum Gasteiger partial charge on any atom is -0.593 e. The van der Waals surface area contributed by atoms with Crippen molar-refractivity contribution in [3.05, 3.63) is 72.2 Å². The molecule has 3 heterocycles. The second-order valence-corrected chi connectivity index (χ2v) is 12.1. The van der Waals surface area contributed by atoms with Gasteiger partial charge in [0.25, 0.3) is 0 Å². The van der Waals surface area contributed by atoms with Crippen LogP contribution < -0.4 is 10.1 Å². The summed E-state index contributed by atoms with van der Waals surface area (Å²) in [5.41, 5.74) is 3.11. The molecule has 38 heavy (non-hydrogen) atoms. The number of carbonyl (C=O) groups is 1. The average molecular weight is 532 g/mol. The van der Waals surface area contributed by atoms with Gasteiger partial charge in [0, 0.05) is 36.9 Å². The molecule has 1 aliphatic rings. The van der Waals surface area contributed by atoms with Crippen LogP contribution in [0.3, 0.4) is 0 Å². The lowest BCUT2D eigenvalue weighted by Crippen LogP contribution is -2.27. The summed E-state index contributed by atoms with van der Waals surface area (Å²) in [6.07, 6.45) is 7.61. The van der Waals surface area contributed by atoms with Gasteiger partial charge in [0.15, 0.2) is 4.90 Å². The molecular weight excluding hydrogens is 498 g/mol. The number of benzene rings is 2. The summed E-state index contributed by atoms with van der Waals surface area (Å²) < 4.78 is 23.2. The van der Waals surface area contributed by atoms with Gasteiger partial charge >= 0.3 is 0 Å². The van der Waals surface area contributed by atoms with Gasteiger partial charge in [0.2, 0.25) is 5.91 Å². The highest BCUT2D eigenvalue weighted by Crippen LogP contribution is 2.33. The zero-order chi connectivity index (χ0) is 26.9. The quantitative estimate of drug-likeness (QED) is 0.313. The first-order valence-corrected chi connectivity index (χ1v) is 14.0. The number of hydrogen-bond donors (Lipinski definition) is 1. The van der Waals surface area contributed by atoms with Crippen molar-refractivity contribution in [3.8, 4) is 11.5 Å². The first kappa shape index (κ1) is 26.2. The largest absolute Gasteiger partial charge is 0.593 e. The van der Waals surface area contributed by atoms with Crippen molar-refractivity contribution in [2.75, 3.05) is 18.4 Å². The van der Waals surface area contributed by atoms with Gasteiger partial charge in [-0.3, -0.25) is 14.5 Å². The Morgan fingerprint density at radius 1 is 1.11 bits per heavy atom. The molecule has 0 saturated carbocycles. The van der Waals surface area contributed by atoms with Crippen LogP contribution in [0.15, 0.2) is 66.0 Å². The van der Waals surface area contributed by atoms with Gasteiger partial charge < -0.3 is 14.6 Å². The van der Waals surface area contributed by atoms with E-state index < -0.39 is 11.4 Å². The van der Waals surface area contributed by atoms with Crippen molar-refractivity contribution in [1.29, 1.82) is 0 Å². The fourth-order valence-corrected chi connectivity index (χ4v) is 5.79. The number of carbonyl (C=O) groups excluding carboxylic acids is 1. The second-order valence-electron chi connectivity index (χ2n) is 10.6. The van der Waals surface area contributed by atoms with E-state index in [1.807, 2.05) is 64.6 Å². The fraction of sp³-hybridized carbons (Fsp3) is 0.345. The summed E-state index contributed by atoms with van der Waals surface area (Å²) in [5, 5.41) is 8.07. The van der Waals surface area contributed by atoms with Gasteiger partial charge in [-0.15, -0.1) is 4.31 Å². The van der Waals surface area contributed by atoms with Gasteiger partial charge in [-0.2, -0.15) is 5.10 Å². The highest BCUT2D eigenvalue weighted by Gasteiger charge is 2.26. The van der Waals surface area contributed by atoms with E-state index in [4.69, 9.17) is 4.74 Å². The maximum atomic E-state index is 13.0. The Morgan fingerprint density at radius 2 is 1.89 bits per heavy atom. The molecule has 5 rings (SSSR count). The Kier molecular flexibility index (Phi) is 7.43. The molecule has 1 atom stereocenters. The SMILES string of the molecule is Cc1cc(CC(=O)Nc2cnn(C(C)(C)C)c2)ccc1Oc1ccnc2ccc([S+]([O-])N3CCCC3)cc12. The number of nitrogens with zero attached hydrogens (tertiary/aromatic N) is 4. The molecule has 1 fully saturated rings. The third-order valence-corrected chi connectivity index (χ3v) is 8.04. The molecular formula is C29H33N5O3S. The van der Waals surface area contributed by atoms with Crippen molar-refractivity contribution >= 4 is 33.9 Å². The van der Waals surface area contributed by atoms with Crippen LogP contribution in [-0.4, -0.2) is 42.6 Å². The molecule has 1 N–H and O–H groups in total. The minimum atomic E-state index is -1.19. The van der Waals surface area contributed by atoms with Gasteiger partial charge in [0.1, 0.15) is 11.5 Å². The standard InChI is InChI=1S/C29H33N5O3S/c1-20-15-21(16-28(35)32-22-18-31-34(19-22)29(2,3)4)7-10-26(20)37-27-11-12-30-25-9-8-23(17-24(25)27)38(36)33-13-5-6-14-33/h7-12,15,17-19H,5-6,13-14,16H2,1-4H3,(H,32,35). The number of aromatic nitrogens is 3. The maximum absolute atomic E-state index is 13.0. The number of hydrogen-bond acceptors (Lipinski definition) is 6. The number of nitrogens with one attached hydrogen (secondary N) is 1. The Labute approximate surface area is 226 Å². The molecule has 198 valence electrons. The van der Waals surface area contributed by atoms with E-state index in [2.05, 4.69) is 36.2 Å². The van der Waals surface area contributed by atoms with Crippen LogP contribution in [0.1, 0.15) is 44.7 Å². The highest BCUT2D eigenvalue weighted by molar-refractivity contribution is 7.89. The summed E-state index contributed by atoms with van der Waals surface area (Å²) in [7, 11) is 0. The van der Waals surface area contributed by atoms with Crippen molar-refractivity contribution in [2.45, 2.75) is 57.4 Å². The van der Waals surface area contributed by atoms with Crippen LogP contribution in [0.5, 0.6) is 11.5 Å². The van der Waals surface area contributed by atoms with Crippen molar-refractivity contribution in [1.82, 2.24) is 19.1 Å². The monoisotopic (exact) mass is 531 g/mol. The lowest BCUT2D eigenvalue weighted by Gasteiger charge is -2.19. The van der Waals surface area contributed by atoms with E-state index in [1.165, 1.54) is 0 Å². The van der Waals surface area contributed by atoms with Crippen LogP contribution >= 0.6 is 0 Å². The fourth-order valence-electron chi connectivity index (χ4n) is 4.50. The molecule has 1 aliphatic heterocycles. The Hall–Kier alpha value is -3.40. The zero-order valence-electron chi connectivity index (χ0n) is 22.2. The van der Waals surface area contributed by atoms with Crippen molar-refractivity contribution in [2.24, 2.45) is 0 Å². The van der Waals surface area contributed by atoms with Crippen molar-refractivity contribution in [3.63, 3.8) is 0 Å². The zero-order valence-corrected chi connectivity index (χ0v) is 23.0. The summed E-state index contributed by atoms with van der Waals surface area (Å²) >= 11 is -1.19. The normalized spacial score (nSPS) is 15.1. The second kappa shape index (κ2) is 10.8. The van der Waals surface area contributed by atoms with Gasteiger partial charge in [0.05, 0.1) is 40.7 Å². The molecule has 8 nitrogen and oxygen atoms in total. The minimum absolute atomic E-state index is 0.106. The Morgan fingerprint density at radius 3 is 2.61 bits per heavy atom. The first-order valence-electron chi connectivity index (χ1n) is 12.9. The lowest BCUT2D eigenvalue weighted by atomic mass is 10.1. The predicted octanol–water partition coefficient (Wildman–Crippen LogP) is 5.59. The molecule has 9 heteroatoms. The van der Waals surface area contributed by atoms with E-state index in [-0.39, 0.29) is 17.9 Å². The van der Waals surface area contributed by atoms with Crippen LogP contribution in [-0.2, 0) is 28.1 Å². The third-order valence-electron chi connectivity index (χ3n) is 6.55. The predicted molar refractivity (Wildman–Crippen MR) is 150 cm³/mol. The molecule has 2 aromatic carbocycles. The van der Waals surface area contributed by atoms with Crippen LogP contribution in [0.4, 0.5) is 5.69 Å². The molecule has 1 unspecified atom stereocenters. The number of anilines is 1. The average Bonchev–Trinajstić information content (AvgIpc) is 3.58. The summed E-state index contributed by atoms with van der Waals surface area (Å²) in [4.78, 5) is 17.9. The number of fused-ring (bicyclic) bond motifs is 1. The molecule has 0 radical (unpaired) electrons. The molecule has 4 aromatic rings. The number of amides is 1. The maximum Gasteiger partial charge on any atom is 0.228 e. The smallest absolute Gasteiger partial charge is 0.228 e. The summed E-state index contributed by atoms with van der Waals surface area (Å²) in [6.45, 7) is 9.83. The highest BCUT2D eigenvalue weighted by atomic mass is 32.2. The Balaban J connectivity index is 1.29. The van der Waals surface area contributed by atoms with Crippen molar-refractivity contribution < 1.29 is 14.1 Å². The van der Waals surface area contributed by atoms with Crippen LogP contribution in [0, 0.1) is 6.92 Å². The van der Waals surface area contributed by atoms with E-state index in [1.54, 1.807) is 12.4 Å². The molecule has 0 bridgehead atoms. The van der Waals surface area contributed by atoms with E-state index >= 15 is 0 Å². The first-order chi connectivity index (χ1) is 18.2. The van der Waals surface area contributed by atoms with Gasteiger partial charge in [-0.1, -0.05) is 12.1 Å². The molecule has 2 aromatic heterocycles. The van der Waals surface area contributed by atoms with Gasteiger partial charge in [-0.05, 0) is 75.9 Å². The third kappa shape index (κ3) is 5.85. The number of aryl methyl sites for hydroxylation is 1. The van der Waals surface area contributed by atoms with E-state index in [0.29, 0.717) is 17.2 Å². The topological polar surface area (TPSA) is 95.3 Å². The van der Waals surface area contributed by atoms with E-state index in [0.717, 1.165) is 52.9 Å². The summed E-state index contributed by atoms with van der Waals surface area (Å²) in [5.74, 6) is 1.24. The molecule has 1 amide bonds. The van der Waals surface area contributed by atoms with Crippen LogP contribution in [0.25, 0.3) is 10.9 Å². The number of rotatable bonds is 7. The van der Waals surface area contributed by atoms with E-state index in [9.17, 15) is 9.35 Å². The Bertz CT molecular complexity index is 1460. The molecule has 1 saturated heterocycles. The number of ether oxygens (including phenoxy) is 1. The molecule has 0 spiro atoms.